The summed E-state index contributed by atoms with van der Waals surface area (Å²) >= 11 is 1.11. The number of carboxylic acid groups (broad SMARTS) is 1. The summed E-state index contributed by atoms with van der Waals surface area (Å²) in [6.45, 7) is 0. The third kappa shape index (κ3) is 3.17. The van der Waals surface area contributed by atoms with Crippen LogP contribution in [-0.2, 0) is 11.2 Å². The van der Waals surface area contributed by atoms with Crippen LogP contribution in [0.3, 0.4) is 0 Å². The van der Waals surface area contributed by atoms with Gasteiger partial charge in [-0.25, -0.2) is 9.18 Å². The minimum atomic E-state index is -1.11. The molecule has 2 N–H and O–H groups in total. The van der Waals surface area contributed by atoms with Crippen molar-refractivity contribution in [2.75, 3.05) is 5.32 Å². The molecule has 0 saturated carbocycles. The molecule has 19 heavy (non-hydrogen) atoms. The molecule has 0 aliphatic heterocycles. The number of nitrogens with one attached hydrogen (secondary N) is 1. The summed E-state index contributed by atoms with van der Waals surface area (Å²) in [5.74, 6) is -2.01. The Hall–Kier alpha value is -2.21. The van der Waals surface area contributed by atoms with Crippen molar-refractivity contribution in [2.24, 2.45) is 0 Å². The molecular weight excluding hydrogens is 269 g/mol. The fourth-order valence-corrected chi connectivity index (χ4v) is 2.36. The van der Waals surface area contributed by atoms with Crippen LogP contribution in [0.2, 0.25) is 0 Å². The Bertz CT molecular complexity index is 624. The number of aromatic carboxylic acids is 1. The average molecular weight is 279 g/mol. The molecule has 0 unspecified atom stereocenters. The number of halogens is 1. The van der Waals surface area contributed by atoms with Gasteiger partial charge in [0, 0.05) is 0 Å². The second kappa shape index (κ2) is 5.62. The number of thiophene rings is 1. The number of hydrogen-bond donors (Lipinski definition) is 2. The van der Waals surface area contributed by atoms with Crippen molar-refractivity contribution in [1.29, 1.82) is 0 Å². The van der Waals surface area contributed by atoms with E-state index in [0.717, 1.165) is 11.3 Å². The molecule has 0 radical (unpaired) electrons. The summed E-state index contributed by atoms with van der Waals surface area (Å²) in [5, 5.41) is 13.2. The SMILES string of the molecule is O=C(Cc1ccccc1F)Nc1sccc1C(=O)O. The van der Waals surface area contributed by atoms with E-state index in [-0.39, 0.29) is 22.5 Å². The van der Waals surface area contributed by atoms with Crippen molar-refractivity contribution in [3.8, 4) is 0 Å². The van der Waals surface area contributed by atoms with Gasteiger partial charge in [-0.15, -0.1) is 11.3 Å². The normalized spacial score (nSPS) is 10.2. The number of carbonyl (C=O) groups is 2. The largest absolute Gasteiger partial charge is 0.478 e. The molecule has 0 atom stereocenters. The third-order valence-electron chi connectivity index (χ3n) is 2.46. The number of rotatable bonds is 4. The van der Waals surface area contributed by atoms with Crippen LogP contribution in [0.15, 0.2) is 35.7 Å². The topological polar surface area (TPSA) is 66.4 Å². The van der Waals surface area contributed by atoms with E-state index in [4.69, 9.17) is 5.11 Å². The molecule has 0 saturated heterocycles. The predicted molar refractivity (Wildman–Crippen MR) is 70.0 cm³/mol. The summed E-state index contributed by atoms with van der Waals surface area (Å²) in [6, 6.07) is 7.38. The van der Waals surface area contributed by atoms with E-state index in [1.54, 1.807) is 17.5 Å². The lowest BCUT2D eigenvalue weighted by atomic mass is 10.1. The molecule has 2 aromatic rings. The average Bonchev–Trinajstić information content (AvgIpc) is 2.80. The molecule has 2 rings (SSSR count). The zero-order valence-electron chi connectivity index (χ0n) is 9.72. The highest BCUT2D eigenvalue weighted by Gasteiger charge is 2.14. The first-order chi connectivity index (χ1) is 9.08. The number of carboxylic acids is 1. The molecule has 6 heteroatoms. The van der Waals surface area contributed by atoms with Gasteiger partial charge in [-0.3, -0.25) is 4.79 Å². The summed E-state index contributed by atoms with van der Waals surface area (Å²) in [5.41, 5.74) is 0.306. The van der Waals surface area contributed by atoms with Gasteiger partial charge in [0.1, 0.15) is 10.8 Å². The molecule has 0 bridgehead atoms. The zero-order valence-corrected chi connectivity index (χ0v) is 10.5. The Labute approximate surface area is 112 Å². The number of anilines is 1. The van der Waals surface area contributed by atoms with Crippen LogP contribution in [-0.4, -0.2) is 17.0 Å². The molecule has 1 aromatic carbocycles. The van der Waals surface area contributed by atoms with Gasteiger partial charge in [-0.2, -0.15) is 0 Å². The molecule has 1 heterocycles. The highest BCUT2D eigenvalue weighted by molar-refractivity contribution is 7.14. The van der Waals surface area contributed by atoms with Crippen molar-refractivity contribution in [2.45, 2.75) is 6.42 Å². The van der Waals surface area contributed by atoms with E-state index in [0.29, 0.717) is 0 Å². The standard InChI is InChI=1S/C13H10FNO3S/c14-10-4-2-1-3-8(10)7-11(16)15-12-9(13(17)18)5-6-19-12/h1-6H,7H2,(H,15,16)(H,17,18). The van der Waals surface area contributed by atoms with E-state index >= 15 is 0 Å². The quantitative estimate of drug-likeness (QED) is 0.904. The van der Waals surface area contributed by atoms with Crippen molar-refractivity contribution in [1.82, 2.24) is 0 Å². The van der Waals surface area contributed by atoms with Gasteiger partial charge < -0.3 is 10.4 Å². The van der Waals surface area contributed by atoms with E-state index in [1.807, 2.05) is 0 Å². The van der Waals surface area contributed by atoms with Gasteiger partial charge in [0.05, 0.1) is 12.0 Å². The monoisotopic (exact) mass is 279 g/mol. The molecule has 4 nitrogen and oxygen atoms in total. The van der Waals surface area contributed by atoms with E-state index in [1.165, 1.54) is 18.2 Å². The highest BCUT2D eigenvalue weighted by atomic mass is 32.1. The number of hydrogen-bond acceptors (Lipinski definition) is 3. The Kier molecular flexibility index (Phi) is 3.91. The maximum atomic E-state index is 13.4. The maximum absolute atomic E-state index is 13.4. The number of amides is 1. The molecule has 0 aliphatic carbocycles. The third-order valence-corrected chi connectivity index (χ3v) is 3.29. The summed E-state index contributed by atoms with van der Waals surface area (Å²) in [7, 11) is 0. The van der Waals surface area contributed by atoms with Crippen molar-refractivity contribution in [3.63, 3.8) is 0 Å². The second-order valence-corrected chi connectivity index (χ2v) is 4.70. The Morgan fingerprint density at radius 2 is 2.00 bits per heavy atom. The van der Waals surface area contributed by atoms with E-state index in [9.17, 15) is 14.0 Å². The fourth-order valence-electron chi connectivity index (χ4n) is 1.56. The van der Waals surface area contributed by atoms with Gasteiger partial charge in [0.25, 0.3) is 0 Å². The Morgan fingerprint density at radius 3 is 2.68 bits per heavy atom. The number of benzene rings is 1. The van der Waals surface area contributed by atoms with E-state index in [2.05, 4.69) is 5.32 Å². The van der Waals surface area contributed by atoms with Gasteiger partial charge in [-0.05, 0) is 23.1 Å². The summed E-state index contributed by atoms with van der Waals surface area (Å²) in [4.78, 5) is 22.6. The second-order valence-electron chi connectivity index (χ2n) is 3.78. The van der Waals surface area contributed by atoms with Gasteiger partial charge in [-0.1, -0.05) is 18.2 Å². The first kappa shape index (κ1) is 13.2. The van der Waals surface area contributed by atoms with Crippen molar-refractivity contribution < 1.29 is 19.1 Å². The van der Waals surface area contributed by atoms with Crippen LogP contribution in [0, 0.1) is 5.82 Å². The summed E-state index contributed by atoms with van der Waals surface area (Å²) < 4.78 is 13.4. The first-order valence-electron chi connectivity index (χ1n) is 5.42. The molecular formula is C13H10FNO3S. The minimum Gasteiger partial charge on any atom is -0.478 e. The van der Waals surface area contributed by atoms with Gasteiger partial charge in [0.2, 0.25) is 5.91 Å². The van der Waals surface area contributed by atoms with Crippen molar-refractivity contribution >= 4 is 28.2 Å². The smallest absolute Gasteiger partial charge is 0.338 e. The van der Waals surface area contributed by atoms with Crippen LogP contribution >= 0.6 is 11.3 Å². The van der Waals surface area contributed by atoms with Crippen LogP contribution < -0.4 is 5.32 Å². The van der Waals surface area contributed by atoms with Gasteiger partial charge >= 0.3 is 5.97 Å². The molecule has 0 aliphatic rings. The fraction of sp³-hybridized carbons (Fsp3) is 0.0769. The molecule has 0 spiro atoms. The maximum Gasteiger partial charge on any atom is 0.338 e. The predicted octanol–water partition coefficient (Wildman–Crippen LogP) is 2.77. The molecule has 1 aromatic heterocycles. The lowest BCUT2D eigenvalue weighted by Crippen LogP contribution is -2.16. The lowest BCUT2D eigenvalue weighted by molar-refractivity contribution is -0.115. The van der Waals surface area contributed by atoms with Gasteiger partial charge in [0.15, 0.2) is 0 Å². The zero-order chi connectivity index (χ0) is 13.8. The Morgan fingerprint density at radius 1 is 1.26 bits per heavy atom. The van der Waals surface area contributed by atoms with Crippen LogP contribution in [0.25, 0.3) is 0 Å². The number of carbonyl (C=O) groups excluding carboxylic acids is 1. The van der Waals surface area contributed by atoms with Crippen molar-refractivity contribution in [3.05, 3.63) is 52.7 Å². The minimum absolute atomic E-state index is 0.0342. The lowest BCUT2D eigenvalue weighted by Gasteiger charge is -2.05. The first-order valence-corrected chi connectivity index (χ1v) is 6.30. The molecule has 0 fully saturated rings. The molecule has 98 valence electrons. The highest BCUT2D eigenvalue weighted by Crippen LogP contribution is 2.23. The molecule has 1 amide bonds. The van der Waals surface area contributed by atoms with E-state index < -0.39 is 17.7 Å². The van der Waals surface area contributed by atoms with Crippen LogP contribution in [0.5, 0.6) is 0 Å². The van der Waals surface area contributed by atoms with Crippen LogP contribution in [0.4, 0.5) is 9.39 Å². The van der Waals surface area contributed by atoms with Crippen LogP contribution in [0.1, 0.15) is 15.9 Å². The summed E-state index contributed by atoms with van der Waals surface area (Å²) in [6.07, 6.45) is -0.135. The Balaban J connectivity index is 2.08.